The average molecular weight is 462 g/mol. The highest BCUT2D eigenvalue weighted by atomic mass is 32.2. The summed E-state index contributed by atoms with van der Waals surface area (Å²) in [5.74, 6) is -0.402. The van der Waals surface area contributed by atoms with Crippen molar-refractivity contribution in [2.24, 2.45) is 0 Å². The first kappa shape index (κ1) is 23.0. The van der Waals surface area contributed by atoms with Gasteiger partial charge < -0.3 is 13.7 Å². The van der Waals surface area contributed by atoms with E-state index in [1.165, 1.54) is 26.8 Å². The number of benzene rings is 1. The lowest BCUT2D eigenvalue weighted by atomic mass is 10.3. The van der Waals surface area contributed by atoms with Gasteiger partial charge in [0.2, 0.25) is 10.0 Å². The van der Waals surface area contributed by atoms with E-state index < -0.39 is 27.9 Å². The number of carbonyl (C=O) groups excluding carboxylic acids is 2. The maximum Gasteiger partial charge on any atom is 0.305 e. The molecule has 0 bridgehead atoms. The number of nitrogens with one attached hydrogen (secondary N) is 3. The number of amides is 2. The fraction of sp³-hybridized carbons (Fsp3) is 0.250. The summed E-state index contributed by atoms with van der Waals surface area (Å²) in [4.78, 5) is 24.3. The lowest BCUT2D eigenvalue weighted by Crippen LogP contribution is -2.51. The Morgan fingerprint density at radius 3 is 2.47 bits per heavy atom. The van der Waals surface area contributed by atoms with E-state index in [1.54, 1.807) is 18.2 Å². The normalized spacial score (nSPS) is 12.2. The molecule has 1 aromatic carbocycles. The molecule has 0 spiro atoms. The molecule has 0 aliphatic heterocycles. The summed E-state index contributed by atoms with van der Waals surface area (Å²) < 4.78 is 42.9. The molecule has 3 N–H and O–H groups in total. The van der Waals surface area contributed by atoms with Gasteiger partial charge in [0.25, 0.3) is 5.91 Å². The first-order valence-electron chi connectivity index (χ1n) is 9.49. The van der Waals surface area contributed by atoms with Crippen LogP contribution in [0, 0.1) is 13.8 Å². The zero-order chi connectivity index (χ0) is 23.3. The number of para-hydroxylation sites is 1. The van der Waals surface area contributed by atoms with Crippen LogP contribution < -0.4 is 20.3 Å². The molecule has 2 heterocycles. The van der Waals surface area contributed by atoms with Crippen molar-refractivity contribution in [1.82, 2.24) is 20.7 Å². The highest BCUT2D eigenvalue weighted by Gasteiger charge is 2.28. The van der Waals surface area contributed by atoms with Gasteiger partial charge in [0.15, 0.2) is 11.5 Å². The second-order valence-electron chi connectivity index (χ2n) is 6.81. The van der Waals surface area contributed by atoms with Crippen molar-refractivity contribution >= 4 is 21.8 Å². The summed E-state index contributed by atoms with van der Waals surface area (Å²) in [6.45, 7) is 4.36. The number of aromatic nitrogens is 1. The molecule has 1 atom stereocenters. The summed E-state index contributed by atoms with van der Waals surface area (Å²) in [5.41, 5.74) is 4.49. The molecule has 0 saturated heterocycles. The largest absolute Gasteiger partial charge is 0.486 e. The predicted octanol–water partition coefficient (Wildman–Crippen LogP) is 1.59. The third-order valence-electron chi connectivity index (χ3n) is 4.27. The van der Waals surface area contributed by atoms with Crippen LogP contribution in [0.5, 0.6) is 5.75 Å². The number of carbonyl (C=O) groups is 2. The van der Waals surface area contributed by atoms with Crippen LogP contribution in [0.25, 0.3) is 0 Å². The van der Waals surface area contributed by atoms with Gasteiger partial charge in [-0.1, -0.05) is 23.4 Å². The van der Waals surface area contributed by atoms with Crippen LogP contribution in [-0.2, 0) is 21.4 Å². The molecule has 12 heteroatoms. The Bertz CT molecular complexity index is 1180. The number of rotatable bonds is 8. The van der Waals surface area contributed by atoms with E-state index in [0.717, 1.165) is 0 Å². The van der Waals surface area contributed by atoms with Gasteiger partial charge >= 0.3 is 5.91 Å². The minimum Gasteiger partial charge on any atom is -0.486 e. The highest BCUT2D eigenvalue weighted by Crippen LogP contribution is 2.19. The Balaban J connectivity index is 1.51. The number of aryl methyl sites for hydroxylation is 2. The minimum absolute atomic E-state index is 0.0547. The lowest BCUT2D eigenvalue weighted by Gasteiger charge is -2.14. The van der Waals surface area contributed by atoms with Gasteiger partial charge in [0, 0.05) is 0 Å². The number of hydrogen-bond acceptors (Lipinski definition) is 8. The molecule has 0 unspecified atom stereocenters. The summed E-state index contributed by atoms with van der Waals surface area (Å²) in [5, 5.41) is 3.59. The van der Waals surface area contributed by atoms with Gasteiger partial charge in [-0.25, -0.2) is 8.42 Å². The zero-order valence-electron chi connectivity index (χ0n) is 17.5. The standard InChI is InChI=1S/C20H22N4O7S/c1-12-18(14(3)31-23-12)32(27,28)24-13(2)19(25)21-22-20(26)17-10-9-16(30-17)11-29-15-7-5-4-6-8-15/h4-10,13,24H,11H2,1-3H3,(H,21,25)(H,22,26)/t13-/m0/s1. The van der Waals surface area contributed by atoms with Gasteiger partial charge in [0.1, 0.15) is 28.7 Å². The van der Waals surface area contributed by atoms with Crippen LogP contribution in [0.2, 0.25) is 0 Å². The SMILES string of the molecule is Cc1noc(C)c1S(=O)(=O)N[C@@H](C)C(=O)NNC(=O)c1ccc(COc2ccccc2)o1. The molecule has 2 aromatic heterocycles. The molecule has 32 heavy (non-hydrogen) atoms. The average Bonchev–Trinajstić information content (AvgIpc) is 3.37. The number of furan rings is 1. The zero-order valence-corrected chi connectivity index (χ0v) is 18.4. The van der Waals surface area contributed by atoms with Crippen LogP contribution in [0.15, 0.2) is 56.3 Å². The molecule has 3 aromatic rings. The maximum absolute atomic E-state index is 12.5. The molecular formula is C20H22N4O7S. The summed E-state index contributed by atoms with van der Waals surface area (Å²) in [6, 6.07) is 10.9. The van der Waals surface area contributed by atoms with Crippen LogP contribution in [-0.4, -0.2) is 31.4 Å². The topological polar surface area (TPSA) is 153 Å². The molecule has 0 fully saturated rings. The van der Waals surface area contributed by atoms with Crippen molar-refractivity contribution in [3.8, 4) is 5.75 Å². The number of ether oxygens (including phenoxy) is 1. The van der Waals surface area contributed by atoms with E-state index in [2.05, 4.69) is 20.7 Å². The molecule has 170 valence electrons. The smallest absolute Gasteiger partial charge is 0.305 e. The number of sulfonamides is 1. The molecule has 11 nitrogen and oxygen atoms in total. The van der Waals surface area contributed by atoms with E-state index in [0.29, 0.717) is 11.5 Å². The molecular weight excluding hydrogens is 440 g/mol. The molecule has 0 aliphatic carbocycles. The Labute approximate surface area is 184 Å². The van der Waals surface area contributed by atoms with Crippen molar-refractivity contribution in [2.45, 2.75) is 38.3 Å². The number of nitrogens with zero attached hydrogens (tertiary/aromatic N) is 1. The van der Waals surface area contributed by atoms with Gasteiger partial charge in [-0.2, -0.15) is 4.72 Å². The Morgan fingerprint density at radius 2 is 1.81 bits per heavy atom. The van der Waals surface area contributed by atoms with Gasteiger partial charge in [-0.15, -0.1) is 0 Å². The molecule has 3 rings (SSSR count). The third kappa shape index (κ3) is 5.53. The Hall–Kier alpha value is -3.64. The second kappa shape index (κ2) is 9.66. The fourth-order valence-electron chi connectivity index (χ4n) is 2.74. The molecule has 0 radical (unpaired) electrons. The van der Waals surface area contributed by atoms with E-state index in [4.69, 9.17) is 13.7 Å². The predicted molar refractivity (Wildman–Crippen MR) is 111 cm³/mol. The summed E-state index contributed by atoms with van der Waals surface area (Å²) in [7, 11) is -4.05. The summed E-state index contributed by atoms with van der Waals surface area (Å²) >= 11 is 0. The van der Waals surface area contributed by atoms with E-state index in [9.17, 15) is 18.0 Å². The van der Waals surface area contributed by atoms with Gasteiger partial charge in [-0.05, 0) is 45.0 Å². The Kier molecular flexibility index (Phi) is 6.95. The summed E-state index contributed by atoms with van der Waals surface area (Å²) in [6.07, 6.45) is 0. The van der Waals surface area contributed by atoms with E-state index in [1.807, 2.05) is 18.2 Å². The highest BCUT2D eigenvalue weighted by molar-refractivity contribution is 7.89. The molecule has 0 aliphatic rings. The minimum atomic E-state index is -4.05. The van der Waals surface area contributed by atoms with Crippen molar-refractivity contribution in [3.05, 3.63) is 65.4 Å². The fourth-order valence-corrected chi connectivity index (χ4v) is 4.27. The van der Waals surface area contributed by atoms with E-state index >= 15 is 0 Å². The Morgan fingerprint density at radius 1 is 1.09 bits per heavy atom. The van der Waals surface area contributed by atoms with Gasteiger partial charge in [0.05, 0.1) is 6.04 Å². The third-order valence-corrected chi connectivity index (χ3v) is 6.05. The molecule has 0 saturated carbocycles. The first-order valence-corrected chi connectivity index (χ1v) is 11.0. The lowest BCUT2D eigenvalue weighted by molar-refractivity contribution is -0.123. The van der Waals surface area contributed by atoms with Crippen molar-refractivity contribution in [2.75, 3.05) is 0 Å². The van der Waals surface area contributed by atoms with Crippen LogP contribution in [0.3, 0.4) is 0 Å². The molecule has 2 amide bonds. The van der Waals surface area contributed by atoms with Crippen LogP contribution >= 0.6 is 0 Å². The van der Waals surface area contributed by atoms with Gasteiger partial charge in [-0.3, -0.25) is 20.4 Å². The second-order valence-corrected chi connectivity index (χ2v) is 8.46. The van der Waals surface area contributed by atoms with Crippen molar-refractivity contribution in [1.29, 1.82) is 0 Å². The number of hydrazine groups is 1. The van der Waals surface area contributed by atoms with Crippen LogP contribution in [0.4, 0.5) is 0 Å². The van der Waals surface area contributed by atoms with Crippen molar-refractivity contribution in [3.63, 3.8) is 0 Å². The maximum atomic E-state index is 12.5. The van der Waals surface area contributed by atoms with E-state index in [-0.39, 0.29) is 28.7 Å². The van der Waals surface area contributed by atoms with Crippen LogP contribution in [0.1, 0.15) is 34.7 Å². The number of hydrogen-bond donors (Lipinski definition) is 3. The monoisotopic (exact) mass is 462 g/mol. The quantitative estimate of drug-likeness (QED) is 0.427. The first-order chi connectivity index (χ1) is 15.2. The van der Waals surface area contributed by atoms with Crippen molar-refractivity contribution < 1.29 is 31.7 Å².